The normalized spacial score (nSPS) is 11.8. The first-order chi connectivity index (χ1) is 31.2. The minimum Gasteiger partial charge on any atom is -0.310 e. The molecule has 0 bridgehead atoms. The largest absolute Gasteiger partial charge is 0.310 e. The van der Waals surface area contributed by atoms with Crippen molar-refractivity contribution >= 4 is 103 Å². The molecule has 11 aromatic carbocycles. The van der Waals surface area contributed by atoms with Crippen molar-refractivity contribution in [1.82, 2.24) is 4.57 Å². The molecule has 0 saturated carbocycles. The first kappa shape index (κ1) is 35.7. The lowest BCUT2D eigenvalue weighted by atomic mass is 9.97. The summed E-state index contributed by atoms with van der Waals surface area (Å²) in [4.78, 5) is 2.43. The molecule has 0 fully saturated rings. The predicted octanol–water partition coefficient (Wildman–Crippen LogP) is 17.4. The Hall–Kier alpha value is -7.98. The van der Waals surface area contributed by atoms with Gasteiger partial charge in [0.1, 0.15) is 0 Å². The van der Waals surface area contributed by atoms with Crippen LogP contribution in [0.2, 0.25) is 0 Å². The summed E-state index contributed by atoms with van der Waals surface area (Å²) < 4.78 is 5.03. The highest BCUT2D eigenvalue weighted by molar-refractivity contribution is 7.26. The summed E-state index contributed by atoms with van der Waals surface area (Å²) in [6.45, 7) is 0. The van der Waals surface area contributed by atoms with Gasteiger partial charge in [-0.2, -0.15) is 0 Å². The smallest absolute Gasteiger partial charge is 0.0619 e. The SMILES string of the molecule is c1ccc(-n2c3cc(-c4ccc(N(c5ccc(-c6ccc7c(ccc8ccccc87)c6)cc5)c5cccc6sc7ccccc7c56)cc4)ccc3c3ccc4ccccc4c32)cc1. The van der Waals surface area contributed by atoms with E-state index in [2.05, 4.69) is 240 Å². The van der Waals surface area contributed by atoms with Gasteiger partial charge >= 0.3 is 0 Å². The van der Waals surface area contributed by atoms with E-state index >= 15 is 0 Å². The maximum atomic E-state index is 2.45. The van der Waals surface area contributed by atoms with Crippen molar-refractivity contribution in [2.75, 3.05) is 4.90 Å². The van der Waals surface area contributed by atoms with Crippen LogP contribution in [0.4, 0.5) is 17.1 Å². The van der Waals surface area contributed by atoms with Crippen molar-refractivity contribution in [2.24, 2.45) is 0 Å². The summed E-state index contributed by atoms with van der Waals surface area (Å²) in [5.74, 6) is 0. The van der Waals surface area contributed by atoms with Gasteiger partial charge in [-0.15, -0.1) is 11.3 Å². The van der Waals surface area contributed by atoms with E-state index in [0.717, 1.165) is 17.1 Å². The summed E-state index contributed by atoms with van der Waals surface area (Å²) in [7, 11) is 0. The molecule has 63 heavy (non-hydrogen) atoms. The molecule has 0 amide bonds. The molecule has 294 valence electrons. The maximum absolute atomic E-state index is 2.45. The van der Waals surface area contributed by atoms with Crippen molar-refractivity contribution in [2.45, 2.75) is 0 Å². The first-order valence-electron chi connectivity index (χ1n) is 21.6. The Kier molecular flexibility index (Phi) is 8.12. The lowest BCUT2D eigenvalue weighted by molar-refractivity contribution is 1.19. The minimum atomic E-state index is 1.11. The molecule has 0 radical (unpaired) electrons. The fourth-order valence-corrected chi connectivity index (χ4v) is 11.1. The van der Waals surface area contributed by atoms with Crippen LogP contribution in [0.15, 0.2) is 231 Å². The zero-order valence-corrected chi connectivity index (χ0v) is 35.1. The number of nitrogens with zero attached hydrogens (tertiary/aromatic N) is 2. The van der Waals surface area contributed by atoms with Gasteiger partial charge in [-0.05, 0) is 116 Å². The van der Waals surface area contributed by atoms with Crippen LogP contribution in [-0.2, 0) is 0 Å². The Morgan fingerprint density at radius 3 is 1.63 bits per heavy atom. The van der Waals surface area contributed by atoms with Crippen molar-refractivity contribution in [3.8, 4) is 27.9 Å². The van der Waals surface area contributed by atoms with E-state index in [1.807, 2.05) is 11.3 Å². The number of fused-ring (bicyclic) bond motifs is 11. The van der Waals surface area contributed by atoms with E-state index in [9.17, 15) is 0 Å². The average Bonchev–Trinajstić information content (AvgIpc) is 3.91. The zero-order valence-electron chi connectivity index (χ0n) is 34.2. The van der Waals surface area contributed by atoms with Gasteiger partial charge < -0.3 is 9.47 Å². The number of hydrogen-bond donors (Lipinski definition) is 0. The van der Waals surface area contributed by atoms with Gasteiger partial charge in [0.25, 0.3) is 0 Å². The van der Waals surface area contributed by atoms with Gasteiger partial charge in [0, 0.05) is 53.4 Å². The molecule has 13 aromatic rings. The van der Waals surface area contributed by atoms with E-state index in [1.165, 1.54) is 102 Å². The first-order valence-corrected chi connectivity index (χ1v) is 22.4. The summed E-state index contributed by atoms with van der Waals surface area (Å²) in [5, 5.41) is 12.7. The fraction of sp³-hybridized carbons (Fsp3) is 0. The molecule has 0 spiro atoms. The van der Waals surface area contributed by atoms with Crippen LogP contribution in [-0.4, -0.2) is 4.57 Å². The van der Waals surface area contributed by atoms with Crippen molar-refractivity contribution < 1.29 is 0 Å². The summed E-state index contributed by atoms with van der Waals surface area (Å²) in [5.41, 5.74) is 11.8. The van der Waals surface area contributed by atoms with Gasteiger partial charge in [0.05, 0.1) is 16.7 Å². The van der Waals surface area contributed by atoms with Gasteiger partial charge in [0.2, 0.25) is 0 Å². The molecule has 0 aliphatic carbocycles. The second-order valence-corrected chi connectivity index (χ2v) is 17.6. The van der Waals surface area contributed by atoms with Gasteiger partial charge in [-0.1, -0.05) is 164 Å². The van der Waals surface area contributed by atoms with Crippen LogP contribution in [0, 0.1) is 0 Å². The highest BCUT2D eigenvalue weighted by Gasteiger charge is 2.20. The molecule has 2 heterocycles. The van der Waals surface area contributed by atoms with E-state index < -0.39 is 0 Å². The number of benzene rings is 11. The third-order valence-electron chi connectivity index (χ3n) is 13.0. The van der Waals surface area contributed by atoms with Crippen LogP contribution >= 0.6 is 11.3 Å². The van der Waals surface area contributed by atoms with Gasteiger partial charge in [-0.3, -0.25) is 0 Å². The maximum Gasteiger partial charge on any atom is 0.0619 e. The highest BCUT2D eigenvalue weighted by Crippen LogP contribution is 2.46. The zero-order chi connectivity index (χ0) is 41.4. The molecule has 13 rings (SSSR count). The Balaban J connectivity index is 0.936. The topological polar surface area (TPSA) is 8.17 Å². The Bertz CT molecular complexity index is 3900. The van der Waals surface area contributed by atoms with Crippen molar-refractivity contribution in [1.29, 1.82) is 0 Å². The fourth-order valence-electron chi connectivity index (χ4n) is 9.97. The second kappa shape index (κ2) is 14.3. The average molecular weight is 819 g/mol. The second-order valence-electron chi connectivity index (χ2n) is 16.5. The predicted molar refractivity (Wildman–Crippen MR) is 272 cm³/mol. The molecule has 0 unspecified atom stereocenters. The number of rotatable bonds is 6. The molecule has 0 saturated heterocycles. The number of thiophene rings is 1. The standard InChI is InChI=1S/C60H38N2S/c1-2-13-46(14-3-1)62-56-38-44(29-35-52(56)53-36-27-42-12-5-7-16-51(42)60(53)62)40-25-32-48(33-26-40)61(55-18-10-20-58-59(55)54-17-8-9-19-57(54)63-58)47-30-23-39(24-31-47)43-28-34-50-45(37-43)22-21-41-11-4-6-15-49(41)50/h1-38H. The lowest BCUT2D eigenvalue weighted by Crippen LogP contribution is -2.10. The molecular formula is C60H38N2S. The molecule has 2 nitrogen and oxygen atoms in total. The molecule has 0 aliphatic rings. The van der Waals surface area contributed by atoms with Crippen molar-refractivity contribution in [3.63, 3.8) is 0 Å². The number of hydrogen-bond acceptors (Lipinski definition) is 2. The molecule has 3 heteroatoms. The monoisotopic (exact) mass is 818 g/mol. The number of para-hydroxylation sites is 1. The Labute approximate surface area is 368 Å². The van der Waals surface area contributed by atoms with Gasteiger partial charge in [-0.25, -0.2) is 0 Å². The third-order valence-corrected chi connectivity index (χ3v) is 14.1. The molecular weight excluding hydrogens is 781 g/mol. The Morgan fingerprint density at radius 2 is 0.873 bits per heavy atom. The summed E-state index contributed by atoms with van der Waals surface area (Å²) >= 11 is 1.86. The van der Waals surface area contributed by atoms with E-state index in [0.29, 0.717) is 0 Å². The van der Waals surface area contributed by atoms with Crippen LogP contribution in [0.5, 0.6) is 0 Å². The Morgan fingerprint density at radius 1 is 0.333 bits per heavy atom. The molecule has 0 N–H and O–H groups in total. The highest BCUT2D eigenvalue weighted by atomic mass is 32.1. The molecule has 0 atom stereocenters. The van der Waals surface area contributed by atoms with Crippen LogP contribution in [0.3, 0.4) is 0 Å². The lowest BCUT2D eigenvalue weighted by Gasteiger charge is -2.27. The van der Waals surface area contributed by atoms with E-state index in [-0.39, 0.29) is 0 Å². The number of anilines is 3. The number of aromatic nitrogens is 1. The summed E-state index contributed by atoms with van der Waals surface area (Å²) in [6, 6.07) is 84.7. The van der Waals surface area contributed by atoms with E-state index in [1.54, 1.807) is 0 Å². The molecule has 0 aliphatic heterocycles. The molecule has 2 aromatic heterocycles. The van der Waals surface area contributed by atoms with Crippen LogP contribution < -0.4 is 4.90 Å². The van der Waals surface area contributed by atoms with Gasteiger partial charge in [0.15, 0.2) is 0 Å². The minimum absolute atomic E-state index is 1.11. The van der Waals surface area contributed by atoms with Crippen molar-refractivity contribution in [3.05, 3.63) is 231 Å². The van der Waals surface area contributed by atoms with Crippen LogP contribution in [0.25, 0.3) is 102 Å². The quantitative estimate of drug-likeness (QED) is 0.152. The van der Waals surface area contributed by atoms with Crippen LogP contribution in [0.1, 0.15) is 0 Å². The third kappa shape index (κ3) is 5.78. The summed E-state index contributed by atoms with van der Waals surface area (Å²) in [6.07, 6.45) is 0. The van der Waals surface area contributed by atoms with E-state index in [4.69, 9.17) is 0 Å².